The van der Waals surface area contributed by atoms with Crippen LogP contribution in [0, 0.1) is 0 Å². The quantitative estimate of drug-likeness (QED) is 0.105. The van der Waals surface area contributed by atoms with Crippen LogP contribution < -0.4 is 34.3 Å². The molecule has 2 atom stereocenters. The van der Waals surface area contributed by atoms with Crippen molar-refractivity contribution in [3.63, 3.8) is 0 Å². The van der Waals surface area contributed by atoms with Crippen molar-refractivity contribution in [2.24, 2.45) is 0 Å². The molecule has 4 aliphatic heterocycles. The molecule has 700 valence electrons. The van der Waals surface area contributed by atoms with Crippen LogP contribution in [0.4, 0.5) is 22.7 Å². The summed E-state index contributed by atoms with van der Waals surface area (Å²) in [4.78, 5) is 0. The first-order chi connectivity index (χ1) is 71.6. The molecule has 21 aromatic carbocycles. The molecule has 16 heteroatoms. The molecule has 4 aliphatic rings. The van der Waals surface area contributed by atoms with E-state index in [9.17, 15) is 4.57 Å². The number of para-hydroxylation sites is 6. The SMILES string of the molecule is CC(C)(C)P1(=O)n2c3ccccc3c3ccc4c5ccccc5n1c4c32.O=P1(c2ccc(-c3ccccc3)cc2)Oc2cc(-c3ccccc3)c(-c3ccccc3)cc2N1c1ccc(-c2ccccc2)cc1.O=P1(c2ccc(-c3ccccc3)cc2)Oc2ccccc2N1c1cc(-c2ccccc2)cc(-c2ccccc2)c1.O=P1(c2ccc(-c3ccccc3)cc2)n2c3ccccc3c3ccc4c5ccccc5n1c4c32. The van der Waals surface area contributed by atoms with Gasteiger partial charge in [0.2, 0.25) is 0 Å². The predicted octanol–water partition coefficient (Wildman–Crippen LogP) is 35.5. The van der Waals surface area contributed by atoms with Gasteiger partial charge in [0.1, 0.15) is 0 Å². The second-order valence-electron chi connectivity index (χ2n) is 38.4. The summed E-state index contributed by atoms with van der Waals surface area (Å²) in [5.74, 6) is 1.21. The minimum atomic E-state index is -3.62. The third-order valence-corrected chi connectivity index (χ3v) is 40.2. The first kappa shape index (κ1) is 89.1. The largest absolute Gasteiger partial charge is 0.423 e. The zero-order chi connectivity index (χ0) is 98.2. The van der Waals surface area contributed by atoms with Crippen LogP contribution in [0.15, 0.2) is 516 Å². The highest BCUT2D eigenvalue weighted by molar-refractivity contribution is 7.70. The Labute approximate surface area is 845 Å². The third kappa shape index (κ3) is 14.5. The molecular formula is C130H94N6O6P4. The molecule has 2 unspecified atom stereocenters. The summed E-state index contributed by atoms with van der Waals surface area (Å²) in [6.45, 7) is 6.29. The van der Waals surface area contributed by atoms with Crippen LogP contribution in [-0.2, 0) is 18.3 Å². The normalized spacial score (nSPS) is 15.3. The molecule has 12 nitrogen and oxygen atoms in total. The highest BCUT2D eigenvalue weighted by Crippen LogP contribution is 2.72. The molecule has 0 saturated carbocycles. The van der Waals surface area contributed by atoms with E-state index < -0.39 is 35.1 Å². The summed E-state index contributed by atoms with van der Waals surface area (Å²) in [5.41, 5.74) is 29.1. The van der Waals surface area contributed by atoms with Gasteiger partial charge in [-0.25, -0.2) is 9.13 Å². The first-order valence-corrected chi connectivity index (χ1v) is 55.6. The highest BCUT2D eigenvalue weighted by atomic mass is 31.2. The lowest BCUT2D eigenvalue weighted by atomic mass is 9.93. The Morgan fingerprint density at radius 1 is 0.199 bits per heavy atom. The van der Waals surface area contributed by atoms with E-state index in [1.54, 1.807) is 0 Å². The van der Waals surface area contributed by atoms with Crippen LogP contribution in [0.2, 0.25) is 0 Å². The fraction of sp³-hybridized carbons (Fsp3) is 0.0308. The summed E-state index contributed by atoms with van der Waals surface area (Å²) >= 11 is 0. The lowest BCUT2D eigenvalue weighted by molar-refractivity contribution is 0.504. The summed E-state index contributed by atoms with van der Waals surface area (Å²) in [5, 5.41) is 11.1. The Morgan fingerprint density at radius 3 is 0.822 bits per heavy atom. The number of nitrogens with zero attached hydrogens (tertiary/aromatic N) is 6. The highest BCUT2D eigenvalue weighted by Gasteiger charge is 2.51. The van der Waals surface area contributed by atoms with Crippen molar-refractivity contribution in [1.29, 1.82) is 0 Å². The van der Waals surface area contributed by atoms with Crippen LogP contribution in [0.3, 0.4) is 0 Å². The molecule has 146 heavy (non-hydrogen) atoms. The average Bonchev–Trinajstić information content (AvgIpc) is 1.49. The standard InChI is InChI=1S/C42H30NO2P.C36H26NO2P.C30H19N2OP.C22H19N2OP/c44-46(38-27-23-34(24-28-38)32-15-7-2-8-16-32)43(37-25-21-33(22-26-37)31-13-5-1-6-14-31)41-29-39(35-17-9-3-10-18-35)40(30-42(41)45-46)36-19-11-4-12-20-36;38-40(34-22-20-30(21-23-34)27-12-4-1-5-13-27)37(35-18-10-11-19-36(35)39-40)33-25-31(28-14-6-2-7-15-28)24-32(26-33)29-16-8-3-9-17-29;33-34(22-16-14-21(15-17-22)20-8-2-1-3-9-20)31-27-12-6-4-10-23(27)25-18-19-26-24-11-5-7-13-28(24)32(34)30(26)29(25)31;1-22(2,3)26(25)23-18-10-6-4-8-14(18)16-12-13-17-15-9-5-7-11-19(15)24(26)21(17)20(16)23/h1-30H;1-26H;1-19H;4-13H,1-3H3. The van der Waals surface area contributed by atoms with E-state index in [4.69, 9.17) is 9.05 Å². The van der Waals surface area contributed by atoms with Crippen molar-refractivity contribution in [2.75, 3.05) is 9.34 Å². The van der Waals surface area contributed by atoms with Gasteiger partial charge in [0.05, 0.1) is 88.0 Å². The van der Waals surface area contributed by atoms with Crippen molar-refractivity contribution in [2.45, 2.75) is 25.9 Å². The van der Waals surface area contributed by atoms with E-state index in [1.165, 1.54) is 21.5 Å². The van der Waals surface area contributed by atoms with Crippen molar-refractivity contribution in [3.05, 3.63) is 516 Å². The Balaban J connectivity index is 0.000000101. The van der Waals surface area contributed by atoms with Gasteiger partial charge in [-0.1, -0.05) is 400 Å². The Hall–Kier alpha value is -17.1. The summed E-state index contributed by atoms with van der Waals surface area (Å²) in [7, 11) is -13.3. The van der Waals surface area contributed by atoms with Crippen LogP contribution >= 0.6 is 29.9 Å². The summed E-state index contributed by atoms with van der Waals surface area (Å²) in [6, 6.07) is 175. The van der Waals surface area contributed by atoms with Gasteiger partial charge in [-0.3, -0.25) is 35.8 Å². The summed E-state index contributed by atoms with van der Waals surface area (Å²) in [6.07, 6.45) is 0. The molecule has 0 saturated heterocycles. The van der Waals surface area contributed by atoms with Crippen molar-refractivity contribution in [1.82, 2.24) is 17.4 Å². The lowest BCUT2D eigenvalue weighted by Crippen LogP contribution is -2.22. The van der Waals surface area contributed by atoms with Crippen molar-refractivity contribution in [3.8, 4) is 101 Å². The number of hydrogen-bond donors (Lipinski definition) is 0. The maximum atomic E-state index is 15.5. The fourth-order valence-electron chi connectivity index (χ4n) is 22.0. The molecule has 0 bridgehead atoms. The summed E-state index contributed by atoms with van der Waals surface area (Å²) < 4.78 is 86.2. The second-order valence-corrected chi connectivity index (χ2v) is 48.3. The fourth-order valence-corrected chi connectivity index (χ4v) is 32.8. The topological polar surface area (TPSA) is 113 Å². The molecule has 29 rings (SSSR count). The van der Waals surface area contributed by atoms with Crippen LogP contribution in [-0.4, -0.2) is 22.5 Å². The van der Waals surface area contributed by atoms with E-state index in [0.29, 0.717) is 22.1 Å². The van der Waals surface area contributed by atoms with Gasteiger partial charge in [0.15, 0.2) is 11.5 Å². The number of rotatable bonds is 13. The van der Waals surface area contributed by atoms with Crippen LogP contribution in [0.25, 0.3) is 176 Å². The molecule has 0 spiro atoms. The van der Waals surface area contributed by atoms with Gasteiger partial charge >= 0.3 is 22.5 Å². The Morgan fingerprint density at radius 2 is 0.466 bits per heavy atom. The second kappa shape index (κ2) is 35.5. The van der Waals surface area contributed by atoms with E-state index in [1.807, 2.05) is 264 Å². The number of benzene rings is 21. The lowest BCUT2D eigenvalue weighted by Gasteiger charge is -2.31. The molecule has 25 aromatic rings. The molecule has 0 N–H and O–H groups in total. The third-order valence-electron chi connectivity index (χ3n) is 28.9. The molecule has 0 fully saturated rings. The molecular weight excluding hydrogens is 1870 g/mol. The molecule has 0 amide bonds. The number of fused-ring (bicyclic) bond motifs is 14. The van der Waals surface area contributed by atoms with Crippen LogP contribution in [0.1, 0.15) is 20.8 Å². The number of hydrogen-bond acceptors (Lipinski definition) is 6. The van der Waals surface area contributed by atoms with Crippen LogP contribution in [0.5, 0.6) is 11.5 Å². The first-order valence-electron chi connectivity index (χ1n) is 49.2. The molecule has 4 aromatic heterocycles. The van der Waals surface area contributed by atoms with Gasteiger partial charge in [-0.2, -0.15) is 0 Å². The average molecular weight is 1960 g/mol. The van der Waals surface area contributed by atoms with Crippen molar-refractivity contribution >= 4 is 156 Å². The van der Waals surface area contributed by atoms with Gasteiger partial charge in [0, 0.05) is 43.1 Å². The monoisotopic (exact) mass is 1960 g/mol. The zero-order valence-corrected chi connectivity index (χ0v) is 83.6. The van der Waals surface area contributed by atoms with E-state index >= 15 is 13.7 Å². The molecule has 0 aliphatic carbocycles. The number of aromatic nitrogens is 4. The zero-order valence-electron chi connectivity index (χ0n) is 80.0. The van der Waals surface area contributed by atoms with Gasteiger partial charge in [-0.15, -0.1) is 0 Å². The minimum Gasteiger partial charge on any atom is -0.423 e. The Kier molecular flexibility index (Phi) is 21.7. The molecule has 0 radical (unpaired) electrons. The number of anilines is 4. The van der Waals surface area contributed by atoms with Gasteiger partial charge < -0.3 is 9.05 Å². The maximum Gasteiger partial charge on any atom is 0.378 e. The van der Waals surface area contributed by atoms with E-state index in [0.717, 1.165) is 183 Å². The minimum absolute atomic E-state index is 0.393. The van der Waals surface area contributed by atoms with Gasteiger partial charge in [0.25, 0.3) is 7.44 Å². The van der Waals surface area contributed by atoms with Gasteiger partial charge in [-0.05, 0) is 225 Å². The Bertz CT molecular complexity index is 9380. The molecule has 8 heterocycles. The predicted molar refractivity (Wildman–Crippen MR) is 610 cm³/mol. The maximum absolute atomic E-state index is 15.5. The smallest absolute Gasteiger partial charge is 0.378 e. The van der Waals surface area contributed by atoms with E-state index in [2.05, 4.69) is 299 Å². The van der Waals surface area contributed by atoms with E-state index in [-0.39, 0.29) is 0 Å². The van der Waals surface area contributed by atoms with Crippen molar-refractivity contribution < 1.29 is 27.3 Å².